The summed E-state index contributed by atoms with van der Waals surface area (Å²) < 4.78 is 80.3. The minimum atomic E-state index is -4.11. The minimum absolute atomic E-state index is 0.118. The molecule has 8 fully saturated rings. The topological polar surface area (TPSA) is 111 Å². The molecule has 11 nitrogen and oxygen atoms in total. The van der Waals surface area contributed by atoms with Crippen LogP contribution in [0.1, 0.15) is 102 Å². The van der Waals surface area contributed by atoms with Crippen LogP contribution in [-0.2, 0) is 17.3 Å². The number of fused-ring (bicyclic) bond motifs is 4. The number of hydrogen-bond acceptors (Lipinski definition) is 11. The molecule has 2 N–H and O–H groups in total. The maximum Gasteiger partial charge on any atom is 0.394 e. The molecular formula is C43H54ClF6N11. The van der Waals surface area contributed by atoms with Gasteiger partial charge in [0.15, 0.2) is 0 Å². The van der Waals surface area contributed by atoms with Gasteiger partial charge in [-0.05, 0) is 87.6 Å². The van der Waals surface area contributed by atoms with E-state index < -0.39 is 34.3 Å². The normalized spacial score (nSPS) is 34.3. The molecule has 3 aromatic heterocycles. The molecule has 0 amide bonds. The van der Waals surface area contributed by atoms with Gasteiger partial charge < -0.3 is 25.3 Å². The van der Waals surface area contributed by atoms with Crippen LogP contribution in [0.2, 0.25) is 5.28 Å². The molecule has 1 saturated heterocycles. The number of aromatic nitrogens is 6. The summed E-state index contributed by atoms with van der Waals surface area (Å²) in [6, 6.07) is 2.06. The maximum atomic E-state index is 13.6. The molecular weight excluding hydrogens is 820 g/mol. The molecule has 6 bridgehead atoms. The molecule has 2 atom stereocenters. The van der Waals surface area contributed by atoms with Gasteiger partial charge in [-0.15, -0.1) is 0 Å². The summed E-state index contributed by atoms with van der Waals surface area (Å²) in [4.78, 5) is 34.1. The Morgan fingerprint density at radius 2 is 1.18 bits per heavy atom. The van der Waals surface area contributed by atoms with Crippen LogP contribution in [0.4, 0.5) is 55.4 Å². The Balaban J connectivity index is 0.000000165. The Kier molecular flexibility index (Phi) is 8.67. The van der Waals surface area contributed by atoms with Crippen LogP contribution >= 0.6 is 11.6 Å². The largest absolute Gasteiger partial charge is 0.394 e. The van der Waals surface area contributed by atoms with Crippen LogP contribution in [0, 0.1) is 35.5 Å². The molecule has 7 aliphatic carbocycles. The monoisotopic (exact) mass is 873 g/mol. The van der Waals surface area contributed by atoms with E-state index in [0.717, 1.165) is 59.6 Å². The molecule has 3 aliphatic heterocycles. The lowest BCUT2D eigenvalue weighted by molar-refractivity contribution is -0.332. The molecule has 6 heterocycles. The standard InChI is InChI=1S/C28H36F3N7.C15H18ClF3N4/c1-16-7-21(34-15-33-16)37-9-17-5-6-18(10-37)19(17)8-20-35-23(32-4)22-24(36-20)38(14-25(22,2)3)27-11-26(12-27,13-27)28(29,30)31;1-12(2)7-23(10-8(12)9(20-3)21-11(16)22-10)14-4-13(5-14,6-14)15(17,18)19/h7,15,17-19H,5-6,8-14H2,1-4H3,(H,32,35,36);4-7H2,1-3H3,(H,20,21,22). The minimum Gasteiger partial charge on any atom is -0.373 e. The van der Waals surface area contributed by atoms with E-state index in [1.807, 2.05) is 18.9 Å². The highest BCUT2D eigenvalue weighted by atomic mass is 35.5. The zero-order chi connectivity index (χ0) is 43.5. The number of alkyl halides is 6. The van der Waals surface area contributed by atoms with E-state index in [0.29, 0.717) is 42.5 Å². The number of nitrogens with zero attached hydrogens (tertiary/aromatic N) is 9. The van der Waals surface area contributed by atoms with Crippen LogP contribution in [-0.4, -0.2) is 93.6 Å². The van der Waals surface area contributed by atoms with Gasteiger partial charge in [-0.3, -0.25) is 0 Å². The lowest BCUT2D eigenvalue weighted by Gasteiger charge is -2.73. The Hall–Kier alpha value is -3.89. The predicted octanol–water partition coefficient (Wildman–Crippen LogP) is 8.66. The maximum absolute atomic E-state index is 13.6. The fourth-order valence-electron chi connectivity index (χ4n) is 13.2. The second kappa shape index (κ2) is 12.9. The summed E-state index contributed by atoms with van der Waals surface area (Å²) in [5, 5.41) is 6.46. The van der Waals surface area contributed by atoms with E-state index in [1.165, 1.54) is 12.8 Å². The van der Waals surface area contributed by atoms with Crippen molar-refractivity contribution >= 4 is 40.7 Å². The van der Waals surface area contributed by atoms with Gasteiger partial charge in [-0.25, -0.2) is 29.9 Å². The first-order valence-electron chi connectivity index (χ1n) is 21.5. The van der Waals surface area contributed by atoms with Crippen molar-refractivity contribution in [2.24, 2.45) is 28.6 Å². The van der Waals surface area contributed by atoms with Crippen molar-refractivity contribution in [2.45, 2.75) is 127 Å². The molecule has 0 spiro atoms. The second-order valence-corrected chi connectivity index (χ2v) is 21.5. The van der Waals surface area contributed by atoms with E-state index in [4.69, 9.17) is 21.6 Å². The average molecular weight is 874 g/mol. The van der Waals surface area contributed by atoms with Crippen LogP contribution in [0.3, 0.4) is 0 Å². The first kappa shape index (κ1) is 41.1. The van der Waals surface area contributed by atoms with E-state index in [1.54, 1.807) is 13.4 Å². The number of piperidine rings is 1. The van der Waals surface area contributed by atoms with Crippen molar-refractivity contribution in [3.8, 4) is 0 Å². The SMILES string of the molecule is CNc1nc(CC2C3CCC2CN(c2cc(C)ncn2)C3)nc2c1C(C)(C)CN2C12CC(C(F)(F)F)(C1)C2.CNc1nc(Cl)nc2c1C(C)(C)CN2C12CC(C(F)(F)F)(C1)C2. The van der Waals surface area contributed by atoms with E-state index in [-0.39, 0.29) is 54.6 Å². The van der Waals surface area contributed by atoms with Gasteiger partial charge in [0.25, 0.3) is 0 Å². The molecule has 2 unspecified atom stereocenters. The Bertz CT molecular complexity index is 2240. The van der Waals surface area contributed by atoms with Gasteiger partial charge in [-0.2, -0.15) is 26.3 Å². The third kappa shape index (κ3) is 5.88. The summed E-state index contributed by atoms with van der Waals surface area (Å²) in [6.45, 7) is 13.7. The summed E-state index contributed by atoms with van der Waals surface area (Å²) in [5.41, 5.74) is -1.27. The van der Waals surface area contributed by atoms with Crippen molar-refractivity contribution in [2.75, 3.05) is 65.6 Å². The van der Waals surface area contributed by atoms with E-state index in [2.05, 4.69) is 74.1 Å². The van der Waals surface area contributed by atoms with Crippen molar-refractivity contribution < 1.29 is 26.3 Å². The van der Waals surface area contributed by atoms with Gasteiger partial charge in [0.1, 0.15) is 41.2 Å². The van der Waals surface area contributed by atoms with Gasteiger partial charge >= 0.3 is 12.4 Å². The number of nitrogens with one attached hydrogen (secondary N) is 2. The number of halogens is 7. The van der Waals surface area contributed by atoms with Crippen LogP contribution < -0.4 is 25.3 Å². The smallest absolute Gasteiger partial charge is 0.373 e. The number of anilines is 5. The second-order valence-electron chi connectivity index (χ2n) is 21.1. The molecule has 0 aromatic carbocycles. The molecule has 0 radical (unpaired) electrons. The molecule has 7 saturated carbocycles. The van der Waals surface area contributed by atoms with Gasteiger partial charge in [0, 0.05) is 91.5 Å². The average Bonchev–Trinajstić information content (AvgIpc) is 3.59. The highest BCUT2D eigenvalue weighted by Crippen LogP contribution is 2.78. The van der Waals surface area contributed by atoms with Gasteiger partial charge in [0.05, 0.1) is 10.8 Å². The van der Waals surface area contributed by atoms with E-state index in [9.17, 15) is 26.3 Å². The summed E-state index contributed by atoms with van der Waals surface area (Å²) in [7, 11) is 3.65. The fraction of sp³-hybridized carbons (Fsp3) is 0.721. The van der Waals surface area contributed by atoms with Crippen molar-refractivity contribution in [3.63, 3.8) is 0 Å². The third-order valence-corrected chi connectivity index (χ3v) is 16.3. The molecule has 13 rings (SSSR count). The zero-order valence-corrected chi connectivity index (χ0v) is 36.5. The van der Waals surface area contributed by atoms with Crippen LogP contribution in [0.25, 0.3) is 0 Å². The molecule has 330 valence electrons. The molecule has 10 aliphatic rings. The number of aryl methyl sites for hydroxylation is 1. The molecule has 18 heteroatoms. The number of rotatable bonds is 7. The Labute approximate surface area is 357 Å². The van der Waals surface area contributed by atoms with E-state index >= 15 is 0 Å². The third-order valence-electron chi connectivity index (χ3n) is 16.2. The Morgan fingerprint density at radius 3 is 1.64 bits per heavy atom. The predicted molar refractivity (Wildman–Crippen MR) is 221 cm³/mol. The van der Waals surface area contributed by atoms with Crippen LogP contribution in [0.5, 0.6) is 0 Å². The Morgan fingerprint density at radius 1 is 0.705 bits per heavy atom. The van der Waals surface area contributed by atoms with Crippen molar-refractivity contribution in [1.82, 2.24) is 29.9 Å². The summed E-state index contributed by atoms with van der Waals surface area (Å²) in [6.07, 6.45) is -2.31. The van der Waals surface area contributed by atoms with Crippen molar-refractivity contribution in [1.29, 1.82) is 0 Å². The highest BCUT2D eigenvalue weighted by molar-refractivity contribution is 6.28. The van der Waals surface area contributed by atoms with Gasteiger partial charge in [0.2, 0.25) is 5.28 Å². The quantitative estimate of drug-likeness (QED) is 0.176. The van der Waals surface area contributed by atoms with Crippen LogP contribution in [0.15, 0.2) is 12.4 Å². The summed E-state index contributed by atoms with van der Waals surface area (Å²) >= 11 is 6.02. The highest BCUT2D eigenvalue weighted by Gasteiger charge is 2.82. The summed E-state index contributed by atoms with van der Waals surface area (Å²) in [5.74, 6) is 6.47. The first-order valence-corrected chi connectivity index (χ1v) is 21.9. The number of hydrogen-bond donors (Lipinski definition) is 2. The zero-order valence-electron chi connectivity index (χ0n) is 35.7. The lowest BCUT2D eigenvalue weighted by Crippen LogP contribution is -2.79. The molecule has 3 aromatic rings. The van der Waals surface area contributed by atoms with Gasteiger partial charge in [-0.1, -0.05) is 27.7 Å². The van der Waals surface area contributed by atoms with Crippen molar-refractivity contribution in [3.05, 3.63) is 40.3 Å². The lowest BCUT2D eigenvalue weighted by atomic mass is 9.38. The molecule has 61 heavy (non-hydrogen) atoms. The fourth-order valence-corrected chi connectivity index (χ4v) is 13.4. The first-order chi connectivity index (χ1) is 28.5.